The smallest absolute Gasteiger partial charge is 0.479 e. The maximum absolute atomic E-state index is 10.7. The number of aliphatic carboxylic acids is 1. The Morgan fingerprint density at radius 1 is 1.27 bits per heavy atom. The molecule has 0 bridgehead atoms. The van der Waals surface area contributed by atoms with Gasteiger partial charge in [0.15, 0.2) is 17.3 Å². The van der Waals surface area contributed by atoms with E-state index < -0.39 is 17.9 Å². The summed E-state index contributed by atoms with van der Waals surface area (Å²) in [5.74, 6) is -2.24. The summed E-state index contributed by atoms with van der Waals surface area (Å²) in [5, 5.41) is 17.8. The van der Waals surface area contributed by atoms with Crippen molar-refractivity contribution in [3.05, 3.63) is 34.4 Å². The first-order chi connectivity index (χ1) is 7.08. The van der Waals surface area contributed by atoms with E-state index in [4.69, 9.17) is 5.11 Å². The van der Waals surface area contributed by atoms with Crippen LogP contribution in [0.3, 0.4) is 0 Å². The second-order valence-corrected chi connectivity index (χ2v) is 2.90. The van der Waals surface area contributed by atoms with Crippen molar-refractivity contribution in [2.75, 3.05) is 0 Å². The van der Waals surface area contributed by atoms with E-state index in [9.17, 15) is 14.7 Å². The molecule has 2 aromatic rings. The zero-order chi connectivity index (χ0) is 11.0. The van der Waals surface area contributed by atoms with Gasteiger partial charge in [-0.05, 0) is 17.7 Å². The highest BCUT2D eigenvalue weighted by Crippen LogP contribution is 2.19. The van der Waals surface area contributed by atoms with Gasteiger partial charge in [-0.15, -0.1) is 0 Å². The van der Waals surface area contributed by atoms with Crippen LogP contribution in [0.15, 0.2) is 31.8 Å². The zero-order valence-electron chi connectivity index (χ0n) is 7.34. The van der Waals surface area contributed by atoms with E-state index in [0.29, 0.717) is 0 Å². The Kier molecular flexibility index (Phi) is 2.05. The fourth-order valence-electron chi connectivity index (χ4n) is 1.20. The highest BCUT2D eigenvalue weighted by molar-refractivity contribution is 5.77. The standard InChI is InChI=1S/C9H6O6/c10-7(8(11)12)4-1-2-5-6(3-4)15-9(13)14-5/h1-3,7,10H,(H,11,12). The molecule has 1 unspecified atom stereocenters. The molecule has 6 nitrogen and oxygen atoms in total. The van der Waals surface area contributed by atoms with Gasteiger partial charge < -0.3 is 19.0 Å². The van der Waals surface area contributed by atoms with Gasteiger partial charge in [0.25, 0.3) is 0 Å². The lowest BCUT2D eigenvalue weighted by Crippen LogP contribution is -2.09. The molecule has 1 aromatic heterocycles. The molecule has 0 saturated carbocycles. The maximum Gasteiger partial charge on any atom is 0.519 e. The monoisotopic (exact) mass is 210 g/mol. The summed E-state index contributed by atoms with van der Waals surface area (Å²) >= 11 is 0. The van der Waals surface area contributed by atoms with Gasteiger partial charge in [-0.1, -0.05) is 6.07 Å². The zero-order valence-corrected chi connectivity index (χ0v) is 7.34. The van der Waals surface area contributed by atoms with Gasteiger partial charge in [0.1, 0.15) is 0 Å². The van der Waals surface area contributed by atoms with Crippen molar-refractivity contribution in [2.45, 2.75) is 6.10 Å². The highest BCUT2D eigenvalue weighted by atomic mass is 16.6. The Morgan fingerprint density at radius 2 is 1.93 bits per heavy atom. The average molecular weight is 210 g/mol. The summed E-state index contributed by atoms with van der Waals surface area (Å²) in [7, 11) is 0. The minimum absolute atomic E-state index is 0.109. The van der Waals surface area contributed by atoms with Crippen LogP contribution in [-0.2, 0) is 4.79 Å². The summed E-state index contributed by atoms with van der Waals surface area (Å²) in [4.78, 5) is 21.2. The van der Waals surface area contributed by atoms with Gasteiger partial charge in [0.05, 0.1) is 0 Å². The van der Waals surface area contributed by atoms with Crippen molar-refractivity contribution in [3.63, 3.8) is 0 Å². The molecule has 2 rings (SSSR count). The normalized spacial score (nSPS) is 12.9. The number of carboxylic acids is 1. The Balaban J connectivity index is 2.55. The molecular formula is C9H6O6. The third-order valence-corrected chi connectivity index (χ3v) is 1.90. The molecule has 0 saturated heterocycles. The molecule has 78 valence electrons. The number of aliphatic hydroxyl groups excluding tert-OH is 1. The summed E-state index contributed by atoms with van der Waals surface area (Å²) < 4.78 is 9.22. The molecule has 6 heteroatoms. The molecular weight excluding hydrogens is 204 g/mol. The molecule has 1 aromatic carbocycles. The summed E-state index contributed by atoms with van der Waals surface area (Å²) in [5.41, 5.74) is 0.443. The lowest BCUT2D eigenvalue weighted by Gasteiger charge is -2.03. The second-order valence-electron chi connectivity index (χ2n) is 2.90. The minimum Gasteiger partial charge on any atom is -0.479 e. The van der Waals surface area contributed by atoms with Crippen molar-refractivity contribution < 1.29 is 23.8 Å². The van der Waals surface area contributed by atoms with E-state index in [2.05, 4.69) is 8.83 Å². The first-order valence-corrected chi connectivity index (χ1v) is 4.02. The predicted octanol–water partition coefficient (Wildman–Crippen LogP) is 0.504. The van der Waals surface area contributed by atoms with Crippen LogP contribution in [0.2, 0.25) is 0 Å². The SMILES string of the molecule is O=C(O)C(O)c1ccc2oc(=O)oc2c1. The second kappa shape index (κ2) is 3.25. The van der Waals surface area contributed by atoms with Gasteiger partial charge in [0.2, 0.25) is 0 Å². The van der Waals surface area contributed by atoms with E-state index in [0.717, 1.165) is 0 Å². The van der Waals surface area contributed by atoms with E-state index >= 15 is 0 Å². The molecule has 0 aliphatic carbocycles. The number of carboxylic acid groups (broad SMARTS) is 1. The number of carbonyl (C=O) groups is 1. The molecule has 0 aliphatic heterocycles. The largest absolute Gasteiger partial charge is 0.519 e. The van der Waals surface area contributed by atoms with Gasteiger partial charge >= 0.3 is 11.8 Å². The maximum atomic E-state index is 10.7. The molecule has 0 spiro atoms. The van der Waals surface area contributed by atoms with Crippen LogP contribution in [0.4, 0.5) is 0 Å². The third kappa shape index (κ3) is 1.62. The summed E-state index contributed by atoms with van der Waals surface area (Å²) in [6.45, 7) is 0. The molecule has 1 atom stereocenters. The van der Waals surface area contributed by atoms with Crippen LogP contribution in [0.25, 0.3) is 11.2 Å². The van der Waals surface area contributed by atoms with Crippen LogP contribution in [-0.4, -0.2) is 16.2 Å². The van der Waals surface area contributed by atoms with E-state index in [1.165, 1.54) is 18.2 Å². The lowest BCUT2D eigenvalue weighted by atomic mass is 10.1. The number of hydrogen-bond acceptors (Lipinski definition) is 5. The van der Waals surface area contributed by atoms with Crippen molar-refractivity contribution in [1.82, 2.24) is 0 Å². The molecule has 0 fully saturated rings. The van der Waals surface area contributed by atoms with Crippen LogP contribution >= 0.6 is 0 Å². The van der Waals surface area contributed by atoms with Crippen LogP contribution in [0, 0.1) is 0 Å². The first-order valence-electron chi connectivity index (χ1n) is 4.02. The number of hydrogen-bond donors (Lipinski definition) is 2. The summed E-state index contributed by atoms with van der Waals surface area (Å²) in [6, 6.07) is 3.96. The quantitative estimate of drug-likeness (QED) is 0.748. The molecule has 2 N–H and O–H groups in total. The van der Waals surface area contributed by atoms with Crippen molar-refractivity contribution in [3.8, 4) is 0 Å². The number of fused-ring (bicyclic) bond motifs is 1. The topological polar surface area (TPSA) is 101 Å². The first kappa shape index (κ1) is 9.47. The van der Waals surface area contributed by atoms with Gasteiger partial charge in [-0.3, -0.25) is 0 Å². The van der Waals surface area contributed by atoms with Crippen molar-refractivity contribution in [1.29, 1.82) is 0 Å². The van der Waals surface area contributed by atoms with Gasteiger partial charge in [-0.2, -0.15) is 0 Å². The van der Waals surface area contributed by atoms with Crippen molar-refractivity contribution >= 4 is 17.1 Å². The highest BCUT2D eigenvalue weighted by Gasteiger charge is 2.17. The van der Waals surface area contributed by atoms with Gasteiger partial charge in [-0.25, -0.2) is 9.59 Å². The predicted molar refractivity (Wildman–Crippen MR) is 47.3 cm³/mol. The fraction of sp³-hybridized carbons (Fsp3) is 0.111. The van der Waals surface area contributed by atoms with Crippen LogP contribution < -0.4 is 5.82 Å². The Morgan fingerprint density at radius 3 is 2.60 bits per heavy atom. The van der Waals surface area contributed by atoms with E-state index in [1.807, 2.05) is 0 Å². The van der Waals surface area contributed by atoms with Crippen LogP contribution in [0.5, 0.6) is 0 Å². The Bertz CT molecular complexity index is 563. The summed E-state index contributed by atoms with van der Waals surface area (Å²) in [6.07, 6.45) is -1.64. The Labute approximate surface area is 82.4 Å². The molecule has 0 radical (unpaired) electrons. The number of rotatable bonds is 2. The fourth-order valence-corrected chi connectivity index (χ4v) is 1.20. The molecule has 0 aliphatic rings. The lowest BCUT2D eigenvalue weighted by molar-refractivity contribution is -0.146. The Hall–Kier alpha value is -2.08. The minimum atomic E-state index is -1.64. The van der Waals surface area contributed by atoms with Crippen LogP contribution in [0.1, 0.15) is 11.7 Å². The molecule has 0 amide bonds. The third-order valence-electron chi connectivity index (χ3n) is 1.90. The molecule has 15 heavy (non-hydrogen) atoms. The molecule has 1 heterocycles. The van der Waals surface area contributed by atoms with E-state index in [1.54, 1.807) is 0 Å². The number of benzene rings is 1. The number of aliphatic hydroxyl groups is 1. The van der Waals surface area contributed by atoms with Crippen molar-refractivity contribution in [2.24, 2.45) is 0 Å². The van der Waals surface area contributed by atoms with Gasteiger partial charge in [0, 0.05) is 0 Å². The van der Waals surface area contributed by atoms with E-state index in [-0.39, 0.29) is 16.7 Å². The average Bonchev–Trinajstić information content (AvgIpc) is 2.55.